The summed E-state index contributed by atoms with van der Waals surface area (Å²) in [4.78, 5) is 36.6. The average Bonchev–Trinajstić information content (AvgIpc) is 2.75. The Labute approximate surface area is 181 Å². The highest BCUT2D eigenvalue weighted by molar-refractivity contribution is 6.08. The van der Waals surface area contributed by atoms with Gasteiger partial charge < -0.3 is 10.6 Å². The molecule has 0 aliphatic rings. The quantitative estimate of drug-likeness (QED) is 0.547. The molecule has 6 heteroatoms. The first kappa shape index (κ1) is 21.8. The zero-order chi connectivity index (χ0) is 22.4. The van der Waals surface area contributed by atoms with Crippen molar-refractivity contribution in [2.75, 3.05) is 10.6 Å². The van der Waals surface area contributed by atoms with E-state index in [1.807, 2.05) is 18.2 Å². The van der Waals surface area contributed by atoms with Gasteiger partial charge in [0.1, 0.15) is 0 Å². The number of hydrogen-bond donors (Lipinski definition) is 3. The Morgan fingerprint density at radius 1 is 0.613 bits per heavy atom. The molecule has 0 aliphatic carbocycles. The second-order valence-electron chi connectivity index (χ2n) is 8.13. The second-order valence-corrected chi connectivity index (χ2v) is 8.13. The van der Waals surface area contributed by atoms with Gasteiger partial charge in [0.2, 0.25) is 0 Å². The number of carbonyl (C=O) groups excluding carboxylic acids is 3. The fraction of sp³-hybridized carbons (Fsp3) is 0.160. The van der Waals surface area contributed by atoms with Crippen molar-refractivity contribution in [1.29, 1.82) is 0 Å². The number of benzene rings is 3. The summed E-state index contributed by atoms with van der Waals surface area (Å²) < 4.78 is 0. The van der Waals surface area contributed by atoms with Gasteiger partial charge in [-0.25, -0.2) is 4.79 Å². The third-order valence-electron chi connectivity index (χ3n) is 4.68. The summed E-state index contributed by atoms with van der Waals surface area (Å²) in [6.07, 6.45) is 0. The van der Waals surface area contributed by atoms with Crippen LogP contribution in [0.3, 0.4) is 0 Å². The van der Waals surface area contributed by atoms with Crippen LogP contribution in [-0.4, -0.2) is 17.8 Å². The highest BCUT2D eigenvalue weighted by Crippen LogP contribution is 2.22. The van der Waals surface area contributed by atoms with E-state index in [2.05, 4.69) is 36.7 Å². The Morgan fingerprint density at radius 3 is 1.68 bits per heavy atom. The van der Waals surface area contributed by atoms with Crippen molar-refractivity contribution in [3.05, 3.63) is 95.6 Å². The Balaban J connectivity index is 1.54. The van der Waals surface area contributed by atoms with Crippen molar-refractivity contribution < 1.29 is 14.4 Å². The lowest BCUT2D eigenvalue weighted by Crippen LogP contribution is -2.34. The molecule has 0 aromatic heterocycles. The summed E-state index contributed by atoms with van der Waals surface area (Å²) in [5.41, 5.74) is 3.13. The zero-order valence-corrected chi connectivity index (χ0v) is 17.7. The Bertz CT molecular complexity index is 1070. The van der Waals surface area contributed by atoms with Crippen molar-refractivity contribution in [2.45, 2.75) is 26.2 Å². The lowest BCUT2D eigenvalue weighted by molar-refractivity contribution is 0.0965. The van der Waals surface area contributed by atoms with E-state index in [1.165, 1.54) is 0 Å². The molecule has 0 aliphatic heterocycles. The first-order valence-corrected chi connectivity index (χ1v) is 9.92. The van der Waals surface area contributed by atoms with Crippen molar-refractivity contribution in [3.8, 4) is 0 Å². The molecule has 0 heterocycles. The van der Waals surface area contributed by atoms with Crippen molar-refractivity contribution in [3.63, 3.8) is 0 Å². The van der Waals surface area contributed by atoms with Gasteiger partial charge >= 0.3 is 6.03 Å². The average molecular weight is 415 g/mol. The molecule has 3 N–H and O–H groups in total. The van der Waals surface area contributed by atoms with Gasteiger partial charge in [0, 0.05) is 22.5 Å². The molecule has 3 rings (SSSR count). The predicted octanol–water partition coefficient (Wildman–Crippen LogP) is 5.20. The summed E-state index contributed by atoms with van der Waals surface area (Å²) in [7, 11) is 0. The molecule has 0 unspecified atom stereocenters. The molecule has 0 radical (unpaired) electrons. The maximum Gasteiger partial charge on any atom is 0.326 e. The summed E-state index contributed by atoms with van der Waals surface area (Å²) >= 11 is 0. The number of rotatable bonds is 4. The van der Waals surface area contributed by atoms with Crippen LogP contribution in [0.5, 0.6) is 0 Å². The normalized spacial score (nSPS) is 10.8. The number of hydrogen-bond acceptors (Lipinski definition) is 3. The van der Waals surface area contributed by atoms with Gasteiger partial charge in [-0.05, 0) is 59.5 Å². The van der Waals surface area contributed by atoms with Crippen molar-refractivity contribution in [2.24, 2.45) is 0 Å². The fourth-order valence-electron chi connectivity index (χ4n) is 2.89. The number of anilines is 2. The molecule has 3 aromatic rings. The molecule has 158 valence electrons. The lowest BCUT2D eigenvalue weighted by atomic mass is 9.87. The monoisotopic (exact) mass is 415 g/mol. The summed E-state index contributed by atoms with van der Waals surface area (Å²) in [5, 5.41) is 7.71. The Morgan fingerprint density at radius 2 is 1.13 bits per heavy atom. The van der Waals surface area contributed by atoms with E-state index in [1.54, 1.807) is 60.7 Å². The molecule has 6 nitrogen and oxygen atoms in total. The van der Waals surface area contributed by atoms with Crippen LogP contribution < -0.4 is 16.0 Å². The van der Waals surface area contributed by atoms with Crippen LogP contribution in [0.15, 0.2) is 78.9 Å². The smallest absolute Gasteiger partial charge is 0.322 e. The molecule has 0 saturated carbocycles. The molecule has 31 heavy (non-hydrogen) atoms. The number of amides is 4. The lowest BCUT2D eigenvalue weighted by Gasteiger charge is -2.19. The van der Waals surface area contributed by atoms with Crippen LogP contribution in [0.1, 0.15) is 47.1 Å². The van der Waals surface area contributed by atoms with Crippen LogP contribution >= 0.6 is 0 Å². The van der Waals surface area contributed by atoms with Crippen molar-refractivity contribution >= 4 is 29.2 Å². The van der Waals surface area contributed by atoms with Gasteiger partial charge in [-0.3, -0.25) is 14.9 Å². The highest BCUT2D eigenvalue weighted by Gasteiger charge is 2.15. The molecule has 0 atom stereocenters. The van der Waals surface area contributed by atoms with E-state index in [0.717, 1.165) is 5.56 Å². The Kier molecular flexibility index (Phi) is 6.50. The van der Waals surface area contributed by atoms with Crippen LogP contribution in [0, 0.1) is 0 Å². The van der Waals surface area contributed by atoms with Gasteiger partial charge in [0.15, 0.2) is 0 Å². The third-order valence-corrected chi connectivity index (χ3v) is 4.68. The summed E-state index contributed by atoms with van der Waals surface area (Å²) in [6, 6.07) is 22.0. The van der Waals surface area contributed by atoms with Crippen LogP contribution in [-0.2, 0) is 5.41 Å². The molecule has 3 aromatic carbocycles. The van der Waals surface area contributed by atoms with Crippen LogP contribution in [0.25, 0.3) is 0 Å². The molecular formula is C25H25N3O3. The van der Waals surface area contributed by atoms with Gasteiger partial charge in [-0.2, -0.15) is 0 Å². The molecule has 0 fully saturated rings. The Hall–Kier alpha value is -3.93. The van der Waals surface area contributed by atoms with E-state index in [-0.39, 0.29) is 11.3 Å². The summed E-state index contributed by atoms with van der Waals surface area (Å²) in [5.74, 6) is -0.702. The molecule has 0 saturated heterocycles. The highest BCUT2D eigenvalue weighted by atomic mass is 16.2. The van der Waals surface area contributed by atoms with Gasteiger partial charge in [-0.15, -0.1) is 0 Å². The first-order valence-electron chi connectivity index (χ1n) is 9.92. The first-order chi connectivity index (χ1) is 14.7. The predicted molar refractivity (Wildman–Crippen MR) is 122 cm³/mol. The maximum atomic E-state index is 12.3. The van der Waals surface area contributed by atoms with E-state index in [4.69, 9.17) is 0 Å². The second kappa shape index (κ2) is 9.26. The molecular weight excluding hydrogens is 390 g/mol. The standard InChI is InChI=1S/C25H25N3O3/c1-25(2,3)19-11-9-18(10-12-19)23(30)28-24(31)27-21-15-13-20(14-16-21)26-22(29)17-7-5-4-6-8-17/h4-16H,1-3H3,(H,26,29)(H2,27,28,30,31). The van der Waals surface area contributed by atoms with Crippen LogP contribution in [0.4, 0.5) is 16.2 Å². The van der Waals surface area contributed by atoms with E-state index >= 15 is 0 Å². The third kappa shape index (κ3) is 6.02. The van der Waals surface area contributed by atoms with Gasteiger partial charge in [0.25, 0.3) is 11.8 Å². The topological polar surface area (TPSA) is 87.3 Å². The fourth-order valence-corrected chi connectivity index (χ4v) is 2.89. The number of imide groups is 1. The SMILES string of the molecule is CC(C)(C)c1ccc(C(=O)NC(=O)Nc2ccc(NC(=O)c3ccccc3)cc2)cc1. The largest absolute Gasteiger partial charge is 0.326 e. The zero-order valence-electron chi connectivity index (χ0n) is 17.7. The van der Waals surface area contributed by atoms with Gasteiger partial charge in [-0.1, -0.05) is 51.1 Å². The minimum absolute atomic E-state index is 0.0148. The number of carbonyl (C=O) groups is 3. The number of nitrogens with one attached hydrogen (secondary N) is 3. The molecule has 0 spiro atoms. The molecule has 0 bridgehead atoms. The van der Waals surface area contributed by atoms with E-state index in [9.17, 15) is 14.4 Å². The summed E-state index contributed by atoms with van der Waals surface area (Å²) in [6.45, 7) is 6.27. The van der Waals surface area contributed by atoms with Crippen LogP contribution in [0.2, 0.25) is 0 Å². The minimum atomic E-state index is -0.633. The van der Waals surface area contributed by atoms with E-state index < -0.39 is 11.9 Å². The van der Waals surface area contributed by atoms with E-state index in [0.29, 0.717) is 22.5 Å². The molecule has 4 amide bonds. The minimum Gasteiger partial charge on any atom is -0.322 e. The van der Waals surface area contributed by atoms with Gasteiger partial charge in [0.05, 0.1) is 0 Å². The number of urea groups is 1. The van der Waals surface area contributed by atoms with Crippen molar-refractivity contribution in [1.82, 2.24) is 5.32 Å². The maximum absolute atomic E-state index is 12.3.